The Balaban J connectivity index is 2.64. The molecule has 0 fully saturated rings. The van der Waals surface area contributed by atoms with Gasteiger partial charge < -0.3 is 5.32 Å². The normalized spacial score (nSPS) is 12.2. The number of halogens is 2. The second kappa shape index (κ2) is 7.37. The highest BCUT2D eigenvalue weighted by Crippen LogP contribution is 2.21. The van der Waals surface area contributed by atoms with Crippen LogP contribution in [0.25, 0.3) is 0 Å². The third-order valence-electron chi connectivity index (χ3n) is 2.96. The van der Waals surface area contributed by atoms with Crippen molar-refractivity contribution in [2.75, 3.05) is 5.32 Å². The van der Waals surface area contributed by atoms with Gasteiger partial charge in [0.25, 0.3) is 0 Å². The topological polar surface area (TPSA) is 29.1 Å². The molecule has 0 saturated heterocycles. The van der Waals surface area contributed by atoms with Gasteiger partial charge in [0.15, 0.2) is 0 Å². The van der Waals surface area contributed by atoms with E-state index in [1.807, 2.05) is 6.92 Å². The van der Waals surface area contributed by atoms with Crippen molar-refractivity contribution in [2.45, 2.75) is 39.5 Å². The van der Waals surface area contributed by atoms with Gasteiger partial charge in [-0.3, -0.25) is 4.79 Å². The standard InChI is InChI=1S/C14H19ClFNO/c1-3-5-6-10(4-2)14(18)17-11-7-8-13(16)12(15)9-11/h7-10H,3-6H2,1-2H3,(H,17,18)/t10-/m1/s1. The number of benzene rings is 1. The van der Waals surface area contributed by atoms with Crippen LogP contribution in [0.15, 0.2) is 18.2 Å². The molecule has 0 aliphatic heterocycles. The molecule has 0 radical (unpaired) electrons. The molecule has 0 bridgehead atoms. The molecule has 0 aliphatic carbocycles. The molecular weight excluding hydrogens is 253 g/mol. The summed E-state index contributed by atoms with van der Waals surface area (Å²) in [5.74, 6) is -0.491. The van der Waals surface area contributed by atoms with Gasteiger partial charge in [0, 0.05) is 11.6 Å². The van der Waals surface area contributed by atoms with Crippen LogP contribution in [0.1, 0.15) is 39.5 Å². The lowest BCUT2D eigenvalue weighted by Gasteiger charge is -2.14. The van der Waals surface area contributed by atoms with Gasteiger partial charge in [-0.15, -0.1) is 0 Å². The molecule has 1 aromatic carbocycles. The van der Waals surface area contributed by atoms with Crippen LogP contribution in [0.3, 0.4) is 0 Å². The van der Waals surface area contributed by atoms with Gasteiger partial charge >= 0.3 is 0 Å². The average molecular weight is 272 g/mol. The Morgan fingerprint density at radius 3 is 2.72 bits per heavy atom. The Morgan fingerprint density at radius 1 is 1.44 bits per heavy atom. The van der Waals surface area contributed by atoms with Gasteiger partial charge in [0.05, 0.1) is 5.02 Å². The number of rotatable bonds is 6. The van der Waals surface area contributed by atoms with Gasteiger partial charge in [-0.25, -0.2) is 4.39 Å². The van der Waals surface area contributed by atoms with E-state index < -0.39 is 5.82 Å². The summed E-state index contributed by atoms with van der Waals surface area (Å²) in [6.07, 6.45) is 3.80. The molecule has 4 heteroatoms. The highest BCUT2D eigenvalue weighted by molar-refractivity contribution is 6.31. The van der Waals surface area contributed by atoms with Crippen molar-refractivity contribution >= 4 is 23.2 Å². The van der Waals surface area contributed by atoms with Crippen LogP contribution in [0, 0.1) is 11.7 Å². The highest BCUT2D eigenvalue weighted by Gasteiger charge is 2.16. The van der Waals surface area contributed by atoms with E-state index in [4.69, 9.17) is 11.6 Å². The summed E-state index contributed by atoms with van der Waals surface area (Å²) < 4.78 is 13.0. The minimum atomic E-state index is -0.479. The maximum atomic E-state index is 13.0. The Hall–Kier alpha value is -1.09. The largest absolute Gasteiger partial charge is 0.326 e. The number of nitrogens with one attached hydrogen (secondary N) is 1. The maximum Gasteiger partial charge on any atom is 0.227 e. The van der Waals surface area contributed by atoms with E-state index in [0.29, 0.717) is 5.69 Å². The zero-order valence-electron chi connectivity index (χ0n) is 10.8. The lowest BCUT2D eigenvalue weighted by molar-refractivity contribution is -0.120. The van der Waals surface area contributed by atoms with Crippen LogP contribution >= 0.6 is 11.6 Å². The zero-order valence-corrected chi connectivity index (χ0v) is 11.6. The Morgan fingerprint density at radius 2 is 2.17 bits per heavy atom. The van der Waals surface area contributed by atoms with Gasteiger partial charge in [-0.1, -0.05) is 38.3 Å². The van der Waals surface area contributed by atoms with Crippen molar-refractivity contribution in [1.29, 1.82) is 0 Å². The molecule has 1 atom stereocenters. The van der Waals surface area contributed by atoms with Crippen LogP contribution in [-0.2, 0) is 4.79 Å². The zero-order chi connectivity index (χ0) is 13.5. The summed E-state index contributed by atoms with van der Waals surface area (Å²) in [4.78, 5) is 12.0. The monoisotopic (exact) mass is 271 g/mol. The van der Waals surface area contributed by atoms with Crippen molar-refractivity contribution in [3.05, 3.63) is 29.0 Å². The lowest BCUT2D eigenvalue weighted by atomic mass is 9.98. The van der Waals surface area contributed by atoms with E-state index in [1.54, 1.807) is 0 Å². The van der Waals surface area contributed by atoms with Crippen molar-refractivity contribution in [3.8, 4) is 0 Å². The first-order chi connectivity index (χ1) is 8.58. The van der Waals surface area contributed by atoms with Gasteiger partial charge in [0.2, 0.25) is 5.91 Å². The number of carbonyl (C=O) groups is 1. The Bertz CT molecular complexity index is 409. The first kappa shape index (κ1) is 15.0. The van der Waals surface area contributed by atoms with E-state index in [1.165, 1.54) is 18.2 Å². The van der Waals surface area contributed by atoms with Crippen LogP contribution in [0.4, 0.5) is 10.1 Å². The molecule has 1 rings (SSSR count). The smallest absolute Gasteiger partial charge is 0.227 e. The van der Waals surface area contributed by atoms with Crippen LogP contribution < -0.4 is 5.32 Å². The van der Waals surface area contributed by atoms with E-state index in [-0.39, 0.29) is 16.8 Å². The van der Waals surface area contributed by atoms with E-state index in [0.717, 1.165) is 25.7 Å². The molecule has 0 spiro atoms. The van der Waals surface area contributed by atoms with Gasteiger partial charge in [-0.05, 0) is 31.0 Å². The fourth-order valence-electron chi connectivity index (χ4n) is 1.79. The molecule has 1 N–H and O–H groups in total. The first-order valence-electron chi connectivity index (χ1n) is 6.34. The molecule has 0 aliphatic rings. The maximum absolute atomic E-state index is 13.0. The minimum Gasteiger partial charge on any atom is -0.326 e. The summed E-state index contributed by atoms with van der Waals surface area (Å²) >= 11 is 5.67. The van der Waals surface area contributed by atoms with Crippen LogP contribution in [0.5, 0.6) is 0 Å². The van der Waals surface area contributed by atoms with E-state index in [9.17, 15) is 9.18 Å². The third kappa shape index (κ3) is 4.30. The minimum absolute atomic E-state index is 0.00813. The number of amides is 1. The van der Waals surface area contributed by atoms with Crippen molar-refractivity contribution in [3.63, 3.8) is 0 Å². The molecule has 1 amide bonds. The van der Waals surface area contributed by atoms with Crippen molar-refractivity contribution in [1.82, 2.24) is 0 Å². The molecular formula is C14H19ClFNO. The molecule has 2 nitrogen and oxygen atoms in total. The molecule has 0 saturated carbocycles. The highest BCUT2D eigenvalue weighted by atomic mass is 35.5. The van der Waals surface area contributed by atoms with Gasteiger partial charge in [0.1, 0.15) is 5.82 Å². The fourth-order valence-corrected chi connectivity index (χ4v) is 1.97. The van der Waals surface area contributed by atoms with Crippen LogP contribution in [-0.4, -0.2) is 5.91 Å². The SMILES string of the molecule is CCCC[C@@H](CC)C(=O)Nc1ccc(F)c(Cl)c1. The summed E-state index contributed by atoms with van der Waals surface area (Å²) in [6.45, 7) is 4.10. The molecule has 0 heterocycles. The quantitative estimate of drug-likeness (QED) is 0.803. The van der Waals surface area contributed by atoms with E-state index in [2.05, 4.69) is 12.2 Å². The second-order valence-electron chi connectivity index (χ2n) is 4.37. The number of anilines is 1. The summed E-state index contributed by atoms with van der Waals surface area (Å²) in [6, 6.07) is 4.21. The predicted octanol–water partition coefficient (Wildman–Crippen LogP) is 4.63. The van der Waals surface area contributed by atoms with Crippen molar-refractivity contribution in [2.24, 2.45) is 5.92 Å². The number of unbranched alkanes of at least 4 members (excludes halogenated alkanes) is 1. The Kier molecular flexibility index (Phi) is 6.13. The second-order valence-corrected chi connectivity index (χ2v) is 4.77. The molecule has 100 valence electrons. The van der Waals surface area contributed by atoms with Gasteiger partial charge in [-0.2, -0.15) is 0 Å². The molecule has 0 unspecified atom stereocenters. The molecule has 18 heavy (non-hydrogen) atoms. The fraction of sp³-hybridized carbons (Fsp3) is 0.500. The van der Waals surface area contributed by atoms with Crippen molar-refractivity contribution < 1.29 is 9.18 Å². The predicted molar refractivity (Wildman–Crippen MR) is 73.3 cm³/mol. The lowest BCUT2D eigenvalue weighted by Crippen LogP contribution is -2.22. The summed E-state index contributed by atoms with van der Waals surface area (Å²) in [5, 5.41) is 2.80. The molecule has 1 aromatic rings. The third-order valence-corrected chi connectivity index (χ3v) is 3.25. The number of hydrogen-bond donors (Lipinski definition) is 1. The Labute approximate surface area is 113 Å². The summed E-state index contributed by atoms with van der Waals surface area (Å²) in [7, 11) is 0. The average Bonchev–Trinajstić information content (AvgIpc) is 2.35. The number of carbonyl (C=O) groups excluding carboxylic acids is 1. The van der Waals surface area contributed by atoms with E-state index >= 15 is 0 Å². The number of hydrogen-bond acceptors (Lipinski definition) is 1. The molecule has 0 aromatic heterocycles. The van der Waals surface area contributed by atoms with Crippen LogP contribution in [0.2, 0.25) is 5.02 Å². The first-order valence-corrected chi connectivity index (χ1v) is 6.72. The summed E-state index contributed by atoms with van der Waals surface area (Å²) in [5.41, 5.74) is 0.543.